The summed E-state index contributed by atoms with van der Waals surface area (Å²) >= 11 is 0. The Bertz CT molecular complexity index is 2850. The van der Waals surface area contributed by atoms with Crippen molar-refractivity contribution in [2.24, 2.45) is 0 Å². The summed E-state index contributed by atoms with van der Waals surface area (Å²) in [5.74, 6) is 1.76. The predicted molar refractivity (Wildman–Crippen MR) is 191 cm³/mol. The van der Waals surface area contributed by atoms with Gasteiger partial charge in [0.2, 0.25) is 0 Å². The number of nitrogens with zero attached hydrogens (tertiary/aromatic N) is 4. The Labute approximate surface area is 274 Å². The van der Waals surface area contributed by atoms with E-state index in [2.05, 4.69) is 59.6 Å². The van der Waals surface area contributed by atoms with Gasteiger partial charge < -0.3 is 8.83 Å². The molecule has 6 nitrogen and oxygen atoms in total. The summed E-state index contributed by atoms with van der Waals surface area (Å²) < 4.78 is 12.7. The van der Waals surface area contributed by atoms with Crippen LogP contribution in [-0.2, 0) is 0 Å². The zero-order valence-corrected chi connectivity index (χ0v) is 25.5. The molecule has 0 unspecified atom stereocenters. The zero-order chi connectivity index (χ0) is 31.6. The highest BCUT2D eigenvalue weighted by Gasteiger charge is 2.21. The van der Waals surface area contributed by atoms with Crippen molar-refractivity contribution in [3.05, 3.63) is 146 Å². The highest BCUT2D eigenvalue weighted by atomic mass is 16.3. The first-order chi connectivity index (χ1) is 23.8. The van der Waals surface area contributed by atoms with Crippen LogP contribution >= 0.6 is 0 Å². The summed E-state index contributed by atoms with van der Waals surface area (Å²) in [6, 6.07) is 46.8. The third-order valence-corrected chi connectivity index (χ3v) is 9.01. The van der Waals surface area contributed by atoms with Crippen LogP contribution in [0.1, 0.15) is 0 Å². The second-order valence-corrected chi connectivity index (χ2v) is 11.8. The van der Waals surface area contributed by atoms with Crippen LogP contribution in [0.15, 0.2) is 155 Å². The molecule has 224 valence electrons. The van der Waals surface area contributed by atoms with E-state index in [1.807, 2.05) is 84.9 Å². The summed E-state index contributed by atoms with van der Waals surface area (Å²) in [4.78, 5) is 19.9. The van der Waals surface area contributed by atoms with Gasteiger partial charge in [-0.2, -0.15) is 0 Å². The molecule has 0 amide bonds. The molecule has 0 spiro atoms. The van der Waals surface area contributed by atoms with E-state index in [1.165, 1.54) is 0 Å². The third kappa shape index (κ3) is 4.06. The van der Waals surface area contributed by atoms with Crippen molar-refractivity contribution in [1.82, 2.24) is 19.9 Å². The fourth-order valence-corrected chi connectivity index (χ4v) is 6.87. The van der Waals surface area contributed by atoms with E-state index in [0.717, 1.165) is 82.6 Å². The molecule has 0 aliphatic heterocycles. The maximum Gasteiger partial charge on any atom is 0.164 e. The number of hydrogen-bond acceptors (Lipinski definition) is 6. The maximum atomic E-state index is 6.51. The Kier molecular flexibility index (Phi) is 5.77. The lowest BCUT2D eigenvalue weighted by atomic mass is 9.94. The van der Waals surface area contributed by atoms with E-state index in [1.54, 1.807) is 6.20 Å². The zero-order valence-electron chi connectivity index (χ0n) is 25.5. The molecular weight excluding hydrogens is 592 g/mol. The fraction of sp³-hybridized carbons (Fsp3) is 0. The van der Waals surface area contributed by atoms with Gasteiger partial charge in [-0.3, -0.25) is 4.98 Å². The first-order valence-corrected chi connectivity index (χ1v) is 15.8. The quantitative estimate of drug-likeness (QED) is 0.196. The topological polar surface area (TPSA) is 77.8 Å². The smallest absolute Gasteiger partial charge is 0.164 e. The number of rotatable bonds is 4. The van der Waals surface area contributed by atoms with Crippen LogP contribution in [0.3, 0.4) is 0 Å². The van der Waals surface area contributed by atoms with E-state index in [0.29, 0.717) is 17.5 Å². The van der Waals surface area contributed by atoms with Gasteiger partial charge in [-0.15, -0.1) is 0 Å². The number of para-hydroxylation sites is 1. The van der Waals surface area contributed by atoms with Gasteiger partial charge in [0.05, 0.1) is 5.52 Å². The normalized spacial score (nSPS) is 11.8. The van der Waals surface area contributed by atoms with Crippen molar-refractivity contribution >= 4 is 54.8 Å². The van der Waals surface area contributed by atoms with Crippen molar-refractivity contribution in [3.8, 4) is 45.3 Å². The minimum Gasteiger partial charge on any atom is -0.456 e. The highest BCUT2D eigenvalue weighted by Crippen LogP contribution is 2.42. The van der Waals surface area contributed by atoms with E-state index in [4.69, 9.17) is 23.8 Å². The van der Waals surface area contributed by atoms with Gasteiger partial charge >= 0.3 is 0 Å². The second-order valence-electron chi connectivity index (χ2n) is 11.8. The monoisotopic (exact) mass is 616 g/mol. The van der Waals surface area contributed by atoms with Gasteiger partial charge in [0, 0.05) is 49.8 Å². The average Bonchev–Trinajstić information content (AvgIpc) is 3.74. The molecule has 0 bridgehead atoms. The van der Waals surface area contributed by atoms with Crippen molar-refractivity contribution in [1.29, 1.82) is 0 Å². The summed E-state index contributed by atoms with van der Waals surface area (Å²) in [6.45, 7) is 0. The van der Waals surface area contributed by atoms with E-state index in [9.17, 15) is 0 Å². The standard InChI is InChI=1S/C42H24N4O2/c1-2-11-25(12-3-1)40-44-41(46-42(45-40)32-17-9-20-35-38(32)30-15-6-7-19-34(30)47-35)28-14-5-4-13-26(28)27-16-8-21-36-37(27)31-22-23-33-29(39(31)48-36)18-10-24-43-33/h1-24H. The average molecular weight is 617 g/mol. The number of hydrogen-bond donors (Lipinski definition) is 0. The summed E-state index contributed by atoms with van der Waals surface area (Å²) in [6.07, 6.45) is 1.81. The number of aromatic nitrogens is 4. The Hall–Kier alpha value is -6.66. The molecule has 6 heteroatoms. The molecule has 10 rings (SSSR count). The Morgan fingerprint density at radius 2 is 1.00 bits per heavy atom. The molecule has 0 radical (unpaired) electrons. The van der Waals surface area contributed by atoms with Crippen molar-refractivity contribution < 1.29 is 8.83 Å². The third-order valence-electron chi connectivity index (χ3n) is 9.01. The van der Waals surface area contributed by atoms with Crippen molar-refractivity contribution in [2.45, 2.75) is 0 Å². The lowest BCUT2D eigenvalue weighted by Crippen LogP contribution is -2.01. The van der Waals surface area contributed by atoms with Crippen LogP contribution in [0.4, 0.5) is 0 Å². The minimum absolute atomic E-state index is 0.580. The number of pyridine rings is 1. The van der Waals surface area contributed by atoms with Crippen LogP contribution in [0.5, 0.6) is 0 Å². The molecule has 0 aliphatic carbocycles. The lowest BCUT2D eigenvalue weighted by Gasteiger charge is -2.13. The van der Waals surface area contributed by atoms with Crippen molar-refractivity contribution in [2.75, 3.05) is 0 Å². The number of benzene rings is 6. The van der Waals surface area contributed by atoms with Gasteiger partial charge in [0.1, 0.15) is 22.3 Å². The molecule has 10 aromatic rings. The van der Waals surface area contributed by atoms with Crippen LogP contribution in [-0.4, -0.2) is 19.9 Å². The highest BCUT2D eigenvalue weighted by molar-refractivity contribution is 6.19. The summed E-state index contributed by atoms with van der Waals surface area (Å²) in [7, 11) is 0. The van der Waals surface area contributed by atoms with Gasteiger partial charge in [-0.05, 0) is 53.6 Å². The van der Waals surface area contributed by atoms with E-state index >= 15 is 0 Å². The van der Waals surface area contributed by atoms with Gasteiger partial charge in [-0.1, -0.05) is 97.1 Å². The molecule has 4 aromatic heterocycles. The fourth-order valence-electron chi connectivity index (χ4n) is 6.87. The summed E-state index contributed by atoms with van der Waals surface area (Å²) in [5.41, 5.74) is 8.89. The Morgan fingerprint density at radius 1 is 0.375 bits per heavy atom. The SMILES string of the molecule is c1ccc(-c2nc(-c3ccccc3-c3cccc4oc5c6cccnc6ccc5c34)nc(-c3cccc4oc5ccccc5c34)n2)cc1. The minimum atomic E-state index is 0.580. The Balaban J connectivity index is 1.24. The van der Waals surface area contributed by atoms with Gasteiger partial charge in [0.15, 0.2) is 17.5 Å². The van der Waals surface area contributed by atoms with E-state index < -0.39 is 0 Å². The molecule has 0 atom stereocenters. The van der Waals surface area contributed by atoms with Crippen LogP contribution < -0.4 is 0 Å². The molecule has 0 aliphatic rings. The molecule has 0 fully saturated rings. The number of furan rings is 2. The molecule has 4 heterocycles. The van der Waals surface area contributed by atoms with Crippen molar-refractivity contribution in [3.63, 3.8) is 0 Å². The molecule has 6 aromatic carbocycles. The lowest BCUT2D eigenvalue weighted by molar-refractivity contribution is 0.669. The maximum absolute atomic E-state index is 6.51. The predicted octanol–water partition coefficient (Wildman–Crippen LogP) is 10.9. The first-order valence-electron chi connectivity index (χ1n) is 15.8. The first kappa shape index (κ1) is 26.5. The molecule has 0 saturated heterocycles. The van der Waals surface area contributed by atoms with Crippen LogP contribution in [0.2, 0.25) is 0 Å². The molecular formula is C42H24N4O2. The van der Waals surface area contributed by atoms with Gasteiger partial charge in [0.25, 0.3) is 0 Å². The van der Waals surface area contributed by atoms with Gasteiger partial charge in [-0.25, -0.2) is 15.0 Å². The van der Waals surface area contributed by atoms with Crippen LogP contribution in [0, 0.1) is 0 Å². The number of fused-ring (bicyclic) bond motifs is 8. The molecule has 0 N–H and O–H groups in total. The molecule has 48 heavy (non-hydrogen) atoms. The Morgan fingerprint density at radius 3 is 1.88 bits per heavy atom. The molecule has 0 saturated carbocycles. The van der Waals surface area contributed by atoms with Crippen LogP contribution in [0.25, 0.3) is 100 Å². The summed E-state index contributed by atoms with van der Waals surface area (Å²) in [5, 5.41) is 5.07. The second kappa shape index (κ2) is 10.4. The largest absolute Gasteiger partial charge is 0.456 e. The van der Waals surface area contributed by atoms with E-state index in [-0.39, 0.29) is 0 Å².